The highest BCUT2D eigenvalue weighted by Crippen LogP contribution is 2.36. The van der Waals surface area contributed by atoms with Crippen LogP contribution >= 0.6 is 35.3 Å². The van der Waals surface area contributed by atoms with Gasteiger partial charge in [-0.1, -0.05) is 17.7 Å². The first-order valence-corrected chi connectivity index (χ1v) is 12.1. The molecule has 1 fully saturated rings. The smallest absolute Gasteiger partial charge is 0.270 e. The standard InChI is InChI=1S/C23H14N4O5S3/c1-12-2-4-13(5-3-12)26-21(29)16(20(28)25-22(26)33)11-15-7-9-19(32-15)35-23-24-17-8-6-14(27(30)31)10-18(17)34-23/h2-11H,1H3,(H,25,28,33)/b16-11+. The normalized spacial score (nSPS) is 15.2. The summed E-state index contributed by atoms with van der Waals surface area (Å²) in [6.07, 6.45) is 1.37. The molecule has 0 radical (unpaired) electrons. The number of nitrogens with one attached hydrogen (secondary N) is 1. The molecule has 12 heteroatoms. The van der Waals surface area contributed by atoms with Crippen molar-refractivity contribution in [2.45, 2.75) is 16.4 Å². The van der Waals surface area contributed by atoms with E-state index in [2.05, 4.69) is 10.3 Å². The number of non-ortho nitro benzene ring substituents is 1. The molecule has 0 spiro atoms. The van der Waals surface area contributed by atoms with Crippen LogP contribution < -0.4 is 10.2 Å². The Hall–Kier alpha value is -3.87. The summed E-state index contributed by atoms with van der Waals surface area (Å²) in [5.41, 5.74) is 2.10. The largest absolute Gasteiger partial charge is 0.450 e. The zero-order chi connectivity index (χ0) is 24.7. The molecule has 174 valence electrons. The van der Waals surface area contributed by atoms with E-state index < -0.39 is 16.7 Å². The summed E-state index contributed by atoms with van der Waals surface area (Å²) < 4.78 is 7.11. The molecule has 1 saturated heterocycles. The van der Waals surface area contributed by atoms with E-state index in [-0.39, 0.29) is 16.4 Å². The zero-order valence-corrected chi connectivity index (χ0v) is 20.3. The maximum absolute atomic E-state index is 13.1. The van der Waals surface area contributed by atoms with E-state index in [0.717, 1.165) is 5.56 Å². The van der Waals surface area contributed by atoms with E-state index in [4.69, 9.17) is 16.6 Å². The fraction of sp³-hybridized carbons (Fsp3) is 0.0435. The minimum Gasteiger partial charge on any atom is -0.450 e. The van der Waals surface area contributed by atoms with Crippen LogP contribution in [0.25, 0.3) is 16.3 Å². The molecule has 2 aromatic heterocycles. The molecule has 2 aromatic carbocycles. The van der Waals surface area contributed by atoms with Gasteiger partial charge in [0.2, 0.25) is 0 Å². The van der Waals surface area contributed by atoms with E-state index in [1.54, 1.807) is 30.3 Å². The molecule has 35 heavy (non-hydrogen) atoms. The van der Waals surface area contributed by atoms with Crippen LogP contribution in [0.2, 0.25) is 0 Å². The summed E-state index contributed by atoms with van der Waals surface area (Å²) >= 11 is 7.75. The van der Waals surface area contributed by atoms with Gasteiger partial charge in [0.1, 0.15) is 11.3 Å². The number of fused-ring (bicyclic) bond motifs is 1. The Bertz CT molecular complexity index is 1550. The summed E-state index contributed by atoms with van der Waals surface area (Å²) in [5.74, 6) is -0.859. The van der Waals surface area contributed by atoms with Crippen molar-refractivity contribution in [2.24, 2.45) is 0 Å². The molecule has 1 aliphatic heterocycles. The summed E-state index contributed by atoms with van der Waals surface area (Å²) in [6.45, 7) is 1.93. The van der Waals surface area contributed by atoms with Gasteiger partial charge in [-0.25, -0.2) is 4.98 Å². The summed E-state index contributed by atoms with van der Waals surface area (Å²) in [5, 5.41) is 14.0. The molecule has 1 N–H and O–H groups in total. The lowest BCUT2D eigenvalue weighted by atomic mass is 10.1. The number of carbonyl (C=O) groups excluding carboxylic acids is 2. The number of furan rings is 1. The Morgan fingerprint density at radius 2 is 1.94 bits per heavy atom. The number of hydrogen-bond acceptors (Lipinski definition) is 9. The average molecular weight is 523 g/mol. The molecule has 3 heterocycles. The quantitative estimate of drug-likeness (QED) is 0.127. The van der Waals surface area contributed by atoms with Crippen molar-refractivity contribution in [1.29, 1.82) is 0 Å². The summed E-state index contributed by atoms with van der Waals surface area (Å²) in [4.78, 5) is 41.9. The summed E-state index contributed by atoms with van der Waals surface area (Å²) in [7, 11) is 0. The Balaban J connectivity index is 1.38. The van der Waals surface area contributed by atoms with E-state index in [9.17, 15) is 19.7 Å². The molecule has 0 saturated carbocycles. The number of thiazole rings is 1. The van der Waals surface area contributed by atoms with Gasteiger partial charge in [0.25, 0.3) is 17.5 Å². The lowest BCUT2D eigenvalue weighted by Gasteiger charge is -2.28. The molecule has 4 aromatic rings. The highest BCUT2D eigenvalue weighted by molar-refractivity contribution is 8.01. The van der Waals surface area contributed by atoms with Crippen molar-refractivity contribution in [1.82, 2.24) is 10.3 Å². The lowest BCUT2D eigenvalue weighted by molar-refractivity contribution is -0.384. The maximum Gasteiger partial charge on any atom is 0.270 e. The minimum absolute atomic E-state index is 0.000742. The Morgan fingerprint density at radius 1 is 1.17 bits per heavy atom. The topological polar surface area (TPSA) is 119 Å². The molecule has 0 atom stereocenters. The Labute approximate surface area is 211 Å². The maximum atomic E-state index is 13.1. The van der Waals surface area contributed by atoms with Gasteiger partial charge in [-0.05, 0) is 67.3 Å². The fourth-order valence-electron chi connectivity index (χ4n) is 3.33. The number of aryl methyl sites for hydroxylation is 1. The number of amides is 2. The third-order valence-electron chi connectivity index (χ3n) is 5.03. The lowest BCUT2D eigenvalue weighted by Crippen LogP contribution is -2.54. The van der Waals surface area contributed by atoms with Crippen molar-refractivity contribution in [3.05, 3.63) is 81.6 Å². The number of nitrogens with zero attached hydrogens (tertiary/aromatic N) is 3. The Kier molecular flexibility index (Phi) is 5.93. The first-order valence-electron chi connectivity index (χ1n) is 10.1. The van der Waals surface area contributed by atoms with E-state index in [0.29, 0.717) is 31.1 Å². The van der Waals surface area contributed by atoms with Gasteiger partial charge in [-0.2, -0.15) is 0 Å². The van der Waals surface area contributed by atoms with Crippen LogP contribution in [-0.4, -0.2) is 26.8 Å². The highest BCUT2D eigenvalue weighted by atomic mass is 32.2. The predicted octanol–water partition coefficient (Wildman–Crippen LogP) is 5.09. The average Bonchev–Trinajstić information content (AvgIpc) is 3.43. The second-order valence-corrected chi connectivity index (χ2v) is 10.1. The van der Waals surface area contributed by atoms with Gasteiger partial charge >= 0.3 is 0 Å². The Morgan fingerprint density at radius 3 is 2.69 bits per heavy atom. The van der Waals surface area contributed by atoms with Crippen LogP contribution in [0.3, 0.4) is 0 Å². The molecule has 0 unspecified atom stereocenters. The molecular weight excluding hydrogens is 508 g/mol. The molecule has 1 aliphatic rings. The molecule has 0 aliphatic carbocycles. The number of carbonyl (C=O) groups is 2. The van der Waals surface area contributed by atoms with E-state index in [1.165, 1.54) is 46.2 Å². The number of thiocarbonyl (C=S) groups is 1. The monoisotopic (exact) mass is 522 g/mol. The summed E-state index contributed by atoms with van der Waals surface area (Å²) in [6, 6.07) is 15.0. The first-order chi connectivity index (χ1) is 16.8. The number of hydrogen-bond donors (Lipinski definition) is 1. The number of nitro benzene ring substituents is 1. The number of rotatable bonds is 5. The van der Waals surface area contributed by atoms with Gasteiger partial charge in [-0.3, -0.25) is 29.9 Å². The SMILES string of the molecule is Cc1ccc(N2C(=O)/C(=C/c3ccc(Sc4nc5ccc([N+](=O)[O-])cc5s4)o3)C(=O)NC2=S)cc1. The zero-order valence-electron chi connectivity index (χ0n) is 17.9. The highest BCUT2D eigenvalue weighted by Gasteiger charge is 2.34. The van der Waals surface area contributed by atoms with Crippen LogP contribution in [0.1, 0.15) is 11.3 Å². The second-order valence-electron chi connectivity index (χ2n) is 7.44. The van der Waals surface area contributed by atoms with Gasteiger partial charge in [0.05, 0.1) is 20.8 Å². The van der Waals surface area contributed by atoms with Gasteiger partial charge in [-0.15, -0.1) is 11.3 Å². The van der Waals surface area contributed by atoms with Crippen LogP contribution in [0.15, 0.2) is 74.0 Å². The third-order valence-corrected chi connectivity index (χ3v) is 7.32. The van der Waals surface area contributed by atoms with Gasteiger partial charge < -0.3 is 4.42 Å². The molecule has 0 bridgehead atoms. The molecule has 2 amide bonds. The van der Waals surface area contributed by atoms with Crippen LogP contribution in [-0.2, 0) is 9.59 Å². The van der Waals surface area contributed by atoms with Crippen molar-refractivity contribution >= 4 is 79.9 Å². The van der Waals surface area contributed by atoms with Gasteiger partial charge in [0, 0.05) is 12.1 Å². The minimum atomic E-state index is -0.610. The number of benzene rings is 2. The molecular formula is C23H14N4O5S3. The van der Waals surface area contributed by atoms with Crippen molar-refractivity contribution in [3.63, 3.8) is 0 Å². The van der Waals surface area contributed by atoms with Crippen molar-refractivity contribution < 1.29 is 18.9 Å². The second kappa shape index (κ2) is 9.06. The van der Waals surface area contributed by atoms with E-state index in [1.807, 2.05) is 19.1 Å². The van der Waals surface area contributed by atoms with Gasteiger partial charge in [0.15, 0.2) is 14.5 Å². The van der Waals surface area contributed by atoms with Crippen LogP contribution in [0.5, 0.6) is 0 Å². The number of aromatic nitrogens is 1. The van der Waals surface area contributed by atoms with Crippen LogP contribution in [0.4, 0.5) is 11.4 Å². The number of anilines is 1. The van der Waals surface area contributed by atoms with Crippen molar-refractivity contribution in [3.8, 4) is 0 Å². The van der Waals surface area contributed by atoms with Crippen LogP contribution in [0, 0.1) is 17.0 Å². The molecule has 5 rings (SSSR count). The van der Waals surface area contributed by atoms with E-state index >= 15 is 0 Å². The predicted molar refractivity (Wildman–Crippen MR) is 136 cm³/mol. The fourth-order valence-corrected chi connectivity index (χ4v) is 5.61. The first kappa shape index (κ1) is 22.9. The van der Waals surface area contributed by atoms with Crippen molar-refractivity contribution in [2.75, 3.05) is 4.90 Å². The number of nitro groups is 1. The molecule has 9 nitrogen and oxygen atoms in total. The third kappa shape index (κ3) is 4.58.